The first-order valence-electron chi connectivity index (χ1n) is 6.27. The molecule has 1 aliphatic rings. The van der Waals surface area contributed by atoms with Gasteiger partial charge in [0.05, 0.1) is 0 Å². The molecule has 0 amide bonds. The third-order valence-corrected chi connectivity index (χ3v) is 3.31. The Kier molecular flexibility index (Phi) is 3.85. The Balaban J connectivity index is 2.14. The first-order valence-corrected chi connectivity index (χ1v) is 6.27. The average molecular weight is 231 g/mol. The van der Waals surface area contributed by atoms with Gasteiger partial charge in [-0.15, -0.1) is 0 Å². The molecule has 1 aliphatic carbocycles. The first-order chi connectivity index (χ1) is 8.22. The number of benzene rings is 1. The SMILES string of the molecule is CNC1CCc2c(OCC=C(C)C)cccc21. The van der Waals surface area contributed by atoms with Crippen molar-refractivity contribution in [1.82, 2.24) is 5.32 Å². The molecule has 2 heteroatoms. The number of ether oxygens (including phenoxy) is 1. The summed E-state index contributed by atoms with van der Waals surface area (Å²) in [6, 6.07) is 6.87. The fourth-order valence-electron chi connectivity index (χ4n) is 2.35. The highest BCUT2D eigenvalue weighted by molar-refractivity contribution is 5.45. The van der Waals surface area contributed by atoms with Crippen LogP contribution in [0.1, 0.15) is 37.4 Å². The zero-order valence-electron chi connectivity index (χ0n) is 10.9. The fraction of sp³-hybridized carbons (Fsp3) is 0.467. The summed E-state index contributed by atoms with van der Waals surface area (Å²) >= 11 is 0. The average Bonchev–Trinajstić information content (AvgIpc) is 2.72. The fourth-order valence-corrected chi connectivity index (χ4v) is 2.35. The minimum atomic E-state index is 0.497. The predicted molar refractivity (Wildman–Crippen MR) is 71.5 cm³/mol. The van der Waals surface area contributed by atoms with E-state index in [-0.39, 0.29) is 0 Å². The Morgan fingerprint density at radius 2 is 2.29 bits per heavy atom. The van der Waals surface area contributed by atoms with Crippen molar-refractivity contribution >= 4 is 0 Å². The summed E-state index contributed by atoms with van der Waals surface area (Å²) in [6.07, 6.45) is 4.41. The maximum atomic E-state index is 5.85. The summed E-state index contributed by atoms with van der Waals surface area (Å²) in [5, 5.41) is 3.35. The van der Waals surface area contributed by atoms with Crippen LogP contribution in [-0.4, -0.2) is 13.7 Å². The van der Waals surface area contributed by atoms with E-state index in [0.717, 1.165) is 12.2 Å². The Hall–Kier alpha value is -1.28. The van der Waals surface area contributed by atoms with Crippen LogP contribution < -0.4 is 10.1 Å². The van der Waals surface area contributed by atoms with Crippen LogP contribution in [0.4, 0.5) is 0 Å². The van der Waals surface area contributed by atoms with Gasteiger partial charge in [-0.1, -0.05) is 17.7 Å². The molecule has 1 N–H and O–H groups in total. The second-order valence-corrected chi connectivity index (χ2v) is 4.80. The third kappa shape index (κ3) is 2.70. The van der Waals surface area contributed by atoms with E-state index in [1.54, 1.807) is 0 Å². The zero-order chi connectivity index (χ0) is 12.3. The molecule has 92 valence electrons. The summed E-state index contributed by atoms with van der Waals surface area (Å²) in [5.74, 6) is 1.05. The van der Waals surface area contributed by atoms with Gasteiger partial charge in [-0.3, -0.25) is 0 Å². The van der Waals surface area contributed by atoms with Gasteiger partial charge in [-0.25, -0.2) is 0 Å². The van der Waals surface area contributed by atoms with Crippen molar-refractivity contribution in [1.29, 1.82) is 0 Å². The lowest BCUT2D eigenvalue weighted by Crippen LogP contribution is -2.12. The molecule has 0 fully saturated rings. The molecule has 1 unspecified atom stereocenters. The highest BCUT2D eigenvalue weighted by Crippen LogP contribution is 2.36. The number of fused-ring (bicyclic) bond motifs is 1. The molecule has 1 atom stereocenters. The first kappa shape index (κ1) is 12.2. The number of hydrogen-bond acceptors (Lipinski definition) is 2. The molecule has 0 bridgehead atoms. The molecular weight excluding hydrogens is 210 g/mol. The summed E-state index contributed by atoms with van der Waals surface area (Å²) in [7, 11) is 2.02. The molecule has 0 heterocycles. The molecule has 17 heavy (non-hydrogen) atoms. The van der Waals surface area contributed by atoms with Crippen molar-refractivity contribution in [3.05, 3.63) is 41.0 Å². The molecule has 0 aliphatic heterocycles. The van der Waals surface area contributed by atoms with E-state index in [0.29, 0.717) is 12.6 Å². The topological polar surface area (TPSA) is 21.3 Å². The molecule has 2 nitrogen and oxygen atoms in total. The van der Waals surface area contributed by atoms with E-state index < -0.39 is 0 Å². The lowest BCUT2D eigenvalue weighted by atomic mass is 10.1. The summed E-state index contributed by atoms with van der Waals surface area (Å²) < 4.78 is 5.85. The van der Waals surface area contributed by atoms with Crippen LogP contribution in [0.2, 0.25) is 0 Å². The lowest BCUT2D eigenvalue weighted by Gasteiger charge is -2.12. The van der Waals surface area contributed by atoms with Crippen LogP contribution in [0.3, 0.4) is 0 Å². The standard InChI is InChI=1S/C15H21NO/c1-11(2)9-10-17-15-6-4-5-12-13(15)7-8-14(12)16-3/h4-6,9,14,16H,7-8,10H2,1-3H3. The maximum absolute atomic E-state index is 5.85. The molecule has 0 saturated carbocycles. The van der Waals surface area contributed by atoms with Crippen molar-refractivity contribution in [2.45, 2.75) is 32.7 Å². The number of rotatable bonds is 4. The van der Waals surface area contributed by atoms with Crippen molar-refractivity contribution < 1.29 is 4.74 Å². The van der Waals surface area contributed by atoms with Gasteiger partial charge in [0.2, 0.25) is 0 Å². The van der Waals surface area contributed by atoms with Crippen molar-refractivity contribution in [2.75, 3.05) is 13.7 Å². The quantitative estimate of drug-likeness (QED) is 0.803. The van der Waals surface area contributed by atoms with Gasteiger partial charge in [-0.2, -0.15) is 0 Å². The van der Waals surface area contributed by atoms with Crippen molar-refractivity contribution in [3.63, 3.8) is 0 Å². The molecule has 1 aromatic carbocycles. The zero-order valence-corrected chi connectivity index (χ0v) is 10.9. The van der Waals surface area contributed by atoms with Crippen LogP contribution in [0.25, 0.3) is 0 Å². The van der Waals surface area contributed by atoms with Crippen LogP contribution in [-0.2, 0) is 6.42 Å². The minimum Gasteiger partial charge on any atom is -0.489 e. The van der Waals surface area contributed by atoms with Crippen LogP contribution in [0.15, 0.2) is 29.8 Å². The predicted octanol–water partition coefficient (Wildman–Crippen LogP) is 3.24. The van der Waals surface area contributed by atoms with Gasteiger partial charge in [0, 0.05) is 6.04 Å². The number of hydrogen-bond donors (Lipinski definition) is 1. The van der Waals surface area contributed by atoms with Crippen LogP contribution in [0.5, 0.6) is 5.75 Å². The second kappa shape index (κ2) is 5.37. The summed E-state index contributed by atoms with van der Waals surface area (Å²) in [4.78, 5) is 0. The van der Waals surface area contributed by atoms with Crippen LogP contribution in [0, 0.1) is 0 Å². The molecule has 0 radical (unpaired) electrons. The van der Waals surface area contributed by atoms with E-state index in [4.69, 9.17) is 4.74 Å². The summed E-state index contributed by atoms with van der Waals surface area (Å²) in [5.41, 5.74) is 4.09. The molecule has 0 aromatic heterocycles. The van der Waals surface area contributed by atoms with Gasteiger partial charge in [-0.05, 0) is 57.0 Å². The van der Waals surface area contributed by atoms with Gasteiger partial charge in [0.1, 0.15) is 12.4 Å². The highest BCUT2D eigenvalue weighted by atomic mass is 16.5. The minimum absolute atomic E-state index is 0.497. The Bertz CT molecular complexity index is 419. The van der Waals surface area contributed by atoms with Gasteiger partial charge in [0.15, 0.2) is 0 Å². The normalized spacial score (nSPS) is 17.7. The molecule has 0 saturated heterocycles. The van der Waals surface area contributed by atoms with Gasteiger partial charge < -0.3 is 10.1 Å². The van der Waals surface area contributed by atoms with Gasteiger partial charge in [0.25, 0.3) is 0 Å². The van der Waals surface area contributed by atoms with Crippen molar-refractivity contribution in [2.24, 2.45) is 0 Å². The van der Waals surface area contributed by atoms with E-state index in [1.807, 2.05) is 7.05 Å². The van der Waals surface area contributed by atoms with E-state index >= 15 is 0 Å². The molecular formula is C15H21NO. The second-order valence-electron chi connectivity index (χ2n) is 4.80. The lowest BCUT2D eigenvalue weighted by molar-refractivity contribution is 0.358. The van der Waals surface area contributed by atoms with E-state index in [1.165, 1.54) is 23.1 Å². The smallest absolute Gasteiger partial charge is 0.123 e. The van der Waals surface area contributed by atoms with Crippen molar-refractivity contribution in [3.8, 4) is 5.75 Å². The largest absolute Gasteiger partial charge is 0.489 e. The van der Waals surface area contributed by atoms with E-state index in [9.17, 15) is 0 Å². The van der Waals surface area contributed by atoms with Gasteiger partial charge >= 0.3 is 0 Å². The Morgan fingerprint density at radius 3 is 3.00 bits per heavy atom. The monoisotopic (exact) mass is 231 g/mol. The highest BCUT2D eigenvalue weighted by Gasteiger charge is 2.23. The number of nitrogens with one attached hydrogen (secondary N) is 1. The van der Waals surface area contributed by atoms with Crippen LogP contribution >= 0.6 is 0 Å². The van der Waals surface area contributed by atoms with E-state index in [2.05, 4.69) is 43.4 Å². The molecule has 2 rings (SSSR count). The maximum Gasteiger partial charge on any atom is 0.123 e. The Labute approximate surface area is 104 Å². The third-order valence-electron chi connectivity index (χ3n) is 3.31. The molecule has 0 spiro atoms. The molecule has 1 aromatic rings. The summed E-state index contributed by atoms with van der Waals surface area (Å²) in [6.45, 7) is 4.86. The Morgan fingerprint density at radius 1 is 1.47 bits per heavy atom. The number of allylic oxidation sites excluding steroid dienone is 1.